The number of pyridine rings is 1. The fourth-order valence-electron chi connectivity index (χ4n) is 6.41. The maximum absolute atomic E-state index is 14.7. The molecule has 0 bridgehead atoms. The minimum atomic E-state index is -5.28. The molecule has 11 heteroatoms. The second-order valence-corrected chi connectivity index (χ2v) is 12.9. The van der Waals surface area contributed by atoms with Gasteiger partial charge in [0.05, 0.1) is 24.3 Å². The summed E-state index contributed by atoms with van der Waals surface area (Å²) in [4.78, 5) is 48.1. The average molecular weight is 675 g/mol. The van der Waals surface area contributed by atoms with Crippen molar-refractivity contribution in [2.75, 3.05) is 13.1 Å². The molecule has 3 amide bonds. The van der Waals surface area contributed by atoms with Crippen LogP contribution in [0.15, 0.2) is 91.1 Å². The average Bonchev–Trinajstić information content (AvgIpc) is 3.29. The molecule has 0 aliphatic carbocycles. The Kier molecular flexibility index (Phi) is 11.5. The number of aliphatic hydroxyl groups excluding tert-OH is 1. The molecular formula is C38H41F3N4O4. The van der Waals surface area contributed by atoms with Crippen molar-refractivity contribution < 1.29 is 32.7 Å². The summed E-state index contributed by atoms with van der Waals surface area (Å²) in [6, 6.07) is 22.3. The van der Waals surface area contributed by atoms with Gasteiger partial charge in [0.1, 0.15) is 6.04 Å². The van der Waals surface area contributed by atoms with E-state index in [2.05, 4.69) is 10.3 Å². The molecule has 1 aliphatic rings. The van der Waals surface area contributed by atoms with E-state index in [9.17, 15) is 32.7 Å². The van der Waals surface area contributed by atoms with Crippen molar-refractivity contribution in [3.05, 3.63) is 102 Å². The maximum atomic E-state index is 14.7. The van der Waals surface area contributed by atoms with Crippen LogP contribution in [0, 0.1) is 5.92 Å². The second kappa shape index (κ2) is 15.7. The van der Waals surface area contributed by atoms with E-state index in [-0.39, 0.29) is 31.7 Å². The number of fused-ring (bicyclic) bond motifs is 1. The van der Waals surface area contributed by atoms with Gasteiger partial charge >= 0.3 is 12.1 Å². The lowest BCUT2D eigenvalue weighted by atomic mass is 9.96. The SMILES string of the molecule is CC(C)CC(C(=O)N(C(=O)Cc1cccc(-c2ccccn2)c1)C1CCCNC[C@@H]1O)N(Cc1ccc2ccccc2c1)C(=O)C(F)(F)F. The Hall–Kier alpha value is -4.61. The van der Waals surface area contributed by atoms with Gasteiger partial charge in [-0.2, -0.15) is 13.2 Å². The third kappa shape index (κ3) is 8.90. The number of rotatable bonds is 10. The highest BCUT2D eigenvalue weighted by Gasteiger charge is 2.48. The predicted molar refractivity (Wildman–Crippen MR) is 181 cm³/mol. The number of imide groups is 1. The number of halogens is 3. The van der Waals surface area contributed by atoms with Crippen molar-refractivity contribution in [2.45, 2.75) is 70.4 Å². The van der Waals surface area contributed by atoms with Crippen molar-refractivity contribution in [1.82, 2.24) is 20.1 Å². The molecule has 2 heterocycles. The molecular weight excluding hydrogens is 633 g/mol. The molecule has 4 aromatic rings. The molecule has 2 unspecified atom stereocenters. The Bertz CT molecular complexity index is 1760. The lowest BCUT2D eigenvalue weighted by Gasteiger charge is -2.39. The highest BCUT2D eigenvalue weighted by Crippen LogP contribution is 2.29. The van der Waals surface area contributed by atoms with Crippen LogP contribution in [0.4, 0.5) is 13.2 Å². The lowest BCUT2D eigenvalue weighted by Crippen LogP contribution is -2.60. The minimum Gasteiger partial charge on any atom is -0.390 e. The third-order valence-electron chi connectivity index (χ3n) is 8.76. The van der Waals surface area contributed by atoms with Gasteiger partial charge in [-0.25, -0.2) is 0 Å². The van der Waals surface area contributed by atoms with Gasteiger partial charge in [-0.15, -0.1) is 0 Å². The second-order valence-electron chi connectivity index (χ2n) is 12.9. The van der Waals surface area contributed by atoms with Gasteiger partial charge in [-0.05, 0) is 77.9 Å². The number of carbonyl (C=O) groups excluding carboxylic acids is 3. The third-order valence-corrected chi connectivity index (χ3v) is 8.76. The van der Waals surface area contributed by atoms with E-state index in [1.54, 1.807) is 68.6 Å². The summed E-state index contributed by atoms with van der Waals surface area (Å²) >= 11 is 0. The van der Waals surface area contributed by atoms with Gasteiger partial charge in [0.2, 0.25) is 5.91 Å². The van der Waals surface area contributed by atoms with Gasteiger partial charge in [-0.1, -0.05) is 74.5 Å². The number of aliphatic hydroxyl groups is 1. The summed E-state index contributed by atoms with van der Waals surface area (Å²) in [5.41, 5.74) is 2.40. The van der Waals surface area contributed by atoms with Crippen molar-refractivity contribution in [2.24, 2.45) is 5.92 Å². The predicted octanol–water partition coefficient (Wildman–Crippen LogP) is 5.92. The zero-order chi connectivity index (χ0) is 35.1. The van der Waals surface area contributed by atoms with E-state index in [0.717, 1.165) is 21.2 Å². The molecule has 3 atom stereocenters. The van der Waals surface area contributed by atoms with E-state index >= 15 is 0 Å². The van der Waals surface area contributed by atoms with Crippen LogP contribution in [0.1, 0.15) is 44.2 Å². The Balaban J connectivity index is 1.55. The van der Waals surface area contributed by atoms with Crippen molar-refractivity contribution in [3.8, 4) is 11.3 Å². The molecule has 258 valence electrons. The summed E-state index contributed by atoms with van der Waals surface area (Å²) in [6.45, 7) is 3.60. The molecule has 49 heavy (non-hydrogen) atoms. The first-order valence-electron chi connectivity index (χ1n) is 16.5. The summed E-state index contributed by atoms with van der Waals surface area (Å²) in [5.74, 6) is -4.10. The number of nitrogens with one attached hydrogen (secondary N) is 1. The fraction of sp³-hybridized carbons (Fsp3) is 0.368. The van der Waals surface area contributed by atoms with E-state index in [4.69, 9.17) is 0 Å². The molecule has 1 aromatic heterocycles. The summed E-state index contributed by atoms with van der Waals surface area (Å²) in [5, 5.41) is 15.9. The van der Waals surface area contributed by atoms with Crippen molar-refractivity contribution >= 4 is 28.5 Å². The number of benzene rings is 3. The Morgan fingerprint density at radius 2 is 1.69 bits per heavy atom. The van der Waals surface area contributed by atoms with Crippen LogP contribution >= 0.6 is 0 Å². The van der Waals surface area contributed by atoms with E-state index in [0.29, 0.717) is 34.7 Å². The van der Waals surface area contributed by atoms with E-state index in [1.165, 1.54) is 0 Å². The van der Waals surface area contributed by atoms with Crippen molar-refractivity contribution in [1.29, 1.82) is 0 Å². The zero-order valence-corrected chi connectivity index (χ0v) is 27.6. The highest BCUT2D eigenvalue weighted by atomic mass is 19.4. The molecule has 2 N–H and O–H groups in total. The number of amides is 3. The molecule has 1 saturated heterocycles. The number of aromatic nitrogens is 1. The van der Waals surface area contributed by atoms with Crippen LogP contribution in [-0.2, 0) is 27.3 Å². The molecule has 0 radical (unpaired) electrons. The molecule has 1 fully saturated rings. The van der Waals surface area contributed by atoms with Crippen LogP contribution in [0.2, 0.25) is 0 Å². The molecule has 0 saturated carbocycles. The van der Waals surface area contributed by atoms with Crippen LogP contribution in [-0.4, -0.2) is 75.1 Å². The van der Waals surface area contributed by atoms with Gasteiger partial charge in [0.15, 0.2) is 0 Å². The smallest absolute Gasteiger partial charge is 0.390 e. The van der Waals surface area contributed by atoms with Crippen molar-refractivity contribution in [3.63, 3.8) is 0 Å². The standard InChI is InChI=1S/C38H41F3N4O4/c1-25(2)19-33(44(37(49)38(39,40)41)24-27-15-16-28-10-3-4-11-29(28)21-27)36(48)45(32-14-8-17-42-23-34(32)46)35(47)22-26-9-7-12-30(20-26)31-13-5-6-18-43-31/h3-7,9-13,15-16,18,20-21,25,32-34,42,46H,8,14,17,19,22-24H2,1-2H3/t32?,33?,34-/m0/s1. The quantitative estimate of drug-likeness (QED) is 0.217. The molecule has 0 spiro atoms. The summed E-state index contributed by atoms with van der Waals surface area (Å²) < 4.78 is 42.8. The van der Waals surface area contributed by atoms with Gasteiger partial charge in [-0.3, -0.25) is 24.3 Å². The maximum Gasteiger partial charge on any atom is 0.471 e. The van der Waals surface area contributed by atoms with Crippen LogP contribution in [0.5, 0.6) is 0 Å². The van der Waals surface area contributed by atoms with Gasteiger partial charge < -0.3 is 15.3 Å². The Morgan fingerprint density at radius 3 is 2.41 bits per heavy atom. The summed E-state index contributed by atoms with van der Waals surface area (Å²) in [6.07, 6.45) is -4.42. The molecule has 5 rings (SSSR count). The largest absolute Gasteiger partial charge is 0.471 e. The number of β-amino-alcohol motifs (C(OH)–C–C–N with tert-alkyl or cyclic N) is 1. The number of carbonyl (C=O) groups is 3. The first-order chi connectivity index (χ1) is 23.4. The van der Waals surface area contributed by atoms with Crippen LogP contribution < -0.4 is 5.32 Å². The fourth-order valence-corrected chi connectivity index (χ4v) is 6.41. The monoisotopic (exact) mass is 674 g/mol. The number of hydrogen-bond donors (Lipinski definition) is 2. The topological polar surface area (TPSA) is 103 Å². The first-order valence-corrected chi connectivity index (χ1v) is 16.5. The molecule has 3 aromatic carbocycles. The van der Waals surface area contributed by atoms with E-state index in [1.807, 2.05) is 36.4 Å². The zero-order valence-electron chi connectivity index (χ0n) is 27.6. The number of alkyl halides is 3. The highest BCUT2D eigenvalue weighted by molar-refractivity contribution is 6.01. The lowest BCUT2D eigenvalue weighted by molar-refractivity contribution is -0.191. The first kappa shape index (κ1) is 35.7. The number of hydrogen-bond acceptors (Lipinski definition) is 6. The van der Waals surface area contributed by atoms with Crippen LogP contribution in [0.3, 0.4) is 0 Å². The Labute approximate surface area is 283 Å². The van der Waals surface area contributed by atoms with Crippen LogP contribution in [0.25, 0.3) is 22.0 Å². The number of nitrogens with zero attached hydrogens (tertiary/aromatic N) is 3. The van der Waals surface area contributed by atoms with Gasteiger partial charge in [0, 0.05) is 24.8 Å². The van der Waals surface area contributed by atoms with E-state index < -0.39 is 48.6 Å². The minimum absolute atomic E-state index is 0.0913. The molecule has 8 nitrogen and oxygen atoms in total. The summed E-state index contributed by atoms with van der Waals surface area (Å²) in [7, 11) is 0. The molecule has 1 aliphatic heterocycles. The normalized spacial score (nSPS) is 17.4. The van der Waals surface area contributed by atoms with Gasteiger partial charge in [0.25, 0.3) is 5.91 Å². The Morgan fingerprint density at radius 1 is 0.939 bits per heavy atom.